The monoisotopic (exact) mass is 521 g/mol. The van der Waals surface area contributed by atoms with E-state index < -0.39 is 0 Å². The Hall–Kier alpha value is -4.05. The number of carbonyl (C=O) groups excluding carboxylic acids is 2. The minimum atomic E-state index is -0.298. The number of hydrogen-bond donors (Lipinski definition) is 0. The molecule has 2 heterocycles. The van der Waals surface area contributed by atoms with Crippen molar-refractivity contribution >= 4 is 17.6 Å². The summed E-state index contributed by atoms with van der Waals surface area (Å²) in [6, 6.07) is 16.8. The third-order valence-electron chi connectivity index (χ3n) is 6.46. The Bertz CT molecular complexity index is 1220. The molecule has 1 aliphatic rings. The average Bonchev–Trinajstić information content (AvgIpc) is 3.22. The molecule has 0 N–H and O–H groups in total. The number of anilines is 1. The largest absolute Gasteiger partial charge is 0.497 e. The van der Waals surface area contributed by atoms with Crippen molar-refractivity contribution in [3.05, 3.63) is 72.0 Å². The fraction of sp³-hybridized carbons (Fsp3) is 0.357. The van der Waals surface area contributed by atoms with Crippen LogP contribution in [0.5, 0.6) is 5.75 Å². The van der Waals surface area contributed by atoms with Crippen LogP contribution in [-0.2, 0) is 9.53 Å². The van der Waals surface area contributed by atoms with Gasteiger partial charge in [-0.2, -0.15) is 0 Å². The van der Waals surface area contributed by atoms with E-state index in [4.69, 9.17) is 9.47 Å². The summed E-state index contributed by atoms with van der Waals surface area (Å²) in [4.78, 5) is 31.8. The van der Waals surface area contributed by atoms with E-state index in [1.807, 2.05) is 12.1 Å². The molecule has 0 bridgehead atoms. The molecule has 2 amide bonds. The lowest BCUT2D eigenvalue weighted by Crippen LogP contribution is -2.45. The van der Waals surface area contributed by atoms with Crippen LogP contribution in [0.4, 0.5) is 10.2 Å². The van der Waals surface area contributed by atoms with Crippen molar-refractivity contribution in [2.45, 2.75) is 6.42 Å². The van der Waals surface area contributed by atoms with Crippen LogP contribution in [0.3, 0.4) is 0 Å². The maximum Gasteiger partial charge on any atom is 0.254 e. The molecule has 0 radical (unpaired) electrons. The van der Waals surface area contributed by atoms with Crippen LogP contribution in [0.2, 0.25) is 0 Å². The Kier molecular flexibility index (Phi) is 9.21. The van der Waals surface area contributed by atoms with Crippen molar-refractivity contribution in [3.8, 4) is 17.0 Å². The normalized spacial score (nSPS) is 13.7. The van der Waals surface area contributed by atoms with Gasteiger partial charge in [0.05, 0.1) is 19.4 Å². The van der Waals surface area contributed by atoms with E-state index in [1.165, 1.54) is 17.0 Å². The molecule has 200 valence electrons. The highest BCUT2D eigenvalue weighted by Crippen LogP contribution is 2.20. The molecule has 1 saturated heterocycles. The summed E-state index contributed by atoms with van der Waals surface area (Å²) >= 11 is 0. The Labute approximate surface area is 221 Å². The predicted molar refractivity (Wildman–Crippen MR) is 142 cm³/mol. The van der Waals surface area contributed by atoms with Gasteiger partial charge in [-0.3, -0.25) is 9.59 Å². The second-order valence-corrected chi connectivity index (χ2v) is 8.96. The van der Waals surface area contributed by atoms with Crippen molar-refractivity contribution in [3.63, 3.8) is 0 Å². The molecule has 0 unspecified atom stereocenters. The Morgan fingerprint density at radius 1 is 0.974 bits per heavy atom. The van der Waals surface area contributed by atoms with E-state index in [2.05, 4.69) is 15.1 Å². The Balaban J connectivity index is 1.38. The van der Waals surface area contributed by atoms with Crippen molar-refractivity contribution in [2.24, 2.45) is 0 Å². The molecule has 0 saturated carbocycles. The highest BCUT2D eigenvalue weighted by Gasteiger charge is 2.25. The maximum atomic E-state index is 13.2. The summed E-state index contributed by atoms with van der Waals surface area (Å²) in [6.45, 7) is 3.00. The second kappa shape index (κ2) is 13.0. The van der Waals surface area contributed by atoms with Gasteiger partial charge in [-0.15, -0.1) is 10.2 Å². The zero-order valence-electron chi connectivity index (χ0n) is 21.7. The van der Waals surface area contributed by atoms with E-state index >= 15 is 0 Å². The van der Waals surface area contributed by atoms with Gasteiger partial charge in [-0.05, 0) is 61.0 Å². The van der Waals surface area contributed by atoms with Gasteiger partial charge in [0, 0.05) is 51.0 Å². The molecule has 38 heavy (non-hydrogen) atoms. The van der Waals surface area contributed by atoms with Gasteiger partial charge in [0.15, 0.2) is 5.82 Å². The van der Waals surface area contributed by atoms with Crippen LogP contribution in [0.1, 0.15) is 16.8 Å². The van der Waals surface area contributed by atoms with Crippen molar-refractivity contribution in [1.29, 1.82) is 0 Å². The SMILES string of the molecule is COCCN(CC(=O)N1CCCN(c2ccc(-c3ccc(F)cc3)nn2)CC1)C(=O)c1cccc(OC)c1. The molecular formula is C28H32FN5O4. The standard InChI is InChI=1S/C28H32FN5O4/c1-37-18-17-34(28(36)22-5-3-6-24(19-22)38-2)20-27(35)33-14-4-13-32(15-16-33)26-12-11-25(30-31-26)21-7-9-23(29)10-8-21/h3,5-12,19H,4,13-18,20H2,1-2H3. The first kappa shape index (κ1) is 27.0. The fourth-order valence-electron chi connectivity index (χ4n) is 4.32. The lowest BCUT2D eigenvalue weighted by atomic mass is 10.1. The quantitative estimate of drug-likeness (QED) is 0.428. The highest BCUT2D eigenvalue weighted by molar-refractivity contribution is 5.96. The number of amides is 2. The van der Waals surface area contributed by atoms with Crippen molar-refractivity contribution in [2.75, 3.05) is 65.0 Å². The molecule has 2 aromatic carbocycles. The summed E-state index contributed by atoms with van der Waals surface area (Å²) in [5.41, 5.74) is 1.91. The van der Waals surface area contributed by atoms with E-state index in [0.29, 0.717) is 49.8 Å². The molecule has 0 atom stereocenters. The Morgan fingerprint density at radius 2 is 1.79 bits per heavy atom. The molecule has 1 aromatic heterocycles. The van der Waals surface area contributed by atoms with Gasteiger partial charge in [0.25, 0.3) is 5.91 Å². The molecule has 10 heteroatoms. The summed E-state index contributed by atoms with van der Waals surface area (Å²) in [6.07, 6.45) is 0.759. The van der Waals surface area contributed by atoms with Crippen molar-refractivity contribution < 1.29 is 23.5 Å². The molecule has 4 rings (SSSR count). The number of hydrogen-bond acceptors (Lipinski definition) is 7. The third kappa shape index (κ3) is 6.83. The summed E-state index contributed by atoms with van der Waals surface area (Å²) < 4.78 is 23.6. The van der Waals surface area contributed by atoms with E-state index in [1.54, 1.807) is 55.5 Å². The van der Waals surface area contributed by atoms with Gasteiger partial charge < -0.3 is 24.2 Å². The van der Waals surface area contributed by atoms with Crippen LogP contribution in [0, 0.1) is 5.82 Å². The minimum absolute atomic E-state index is 0.0361. The smallest absolute Gasteiger partial charge is 0.254 e. The third-order valence-corrected chi connectivity index (χ3v) is 6.46. The van der Waals surface area contributed by atoms with E-state index in [9.17, 15) is 14.0 Å². The van der Waals surface area contributed by atoms with Crippen LogP contribution < -0.4 is 9.64 Å². The number of benzene rings is 2. The Morgan fingerprint density at radius 3 is 2.50 bits per heavy atom. The van der Waals surface area contributed by atoms with E-state index in [-0.39, 0.29) is 24.2 Å². The van der Waals surface area contributed by atoms with Crippen LogP contribution in [-0.4, -0.2) is 91.9 Å². The number of rotatable bonds is 9. The van der Waals surface area contributed by atoms with Crippen LogP contribution in [0.25, 0.3) is 11.3 Å². The topological polar surface area (TPSA) is 88.1 Å². The number of aromatic nitrogens is 2. The zero-order valence-corrected chi connectivity index (χ0v) is 21.7. The average molecular weight is 522 g/mol. The van der Waals surface area contributed by atoms with Gasteiger partial charge in [-0.25, -0.2) is 4.39 Å². The molecule has 1 aliphatic heterocycles. The van der Waals surface area contributed by atoms with Gasteiger partial charge in [-0.1, -0.05) is 6.07 Å². The zero-order chi connectivity index (χ0) is 26.9. The van der Waals surface area contributed by atoms with Gasteiger partial charge in [0.1, 0.15) is 18.1 Å². The molecule has 3 aromatic rings. The summed E-state index contributed by atoms with van der Waals surface area (Å²) in [5.74, 6) is 0.642. The predicted octanol–water partition coefficient (Wildman–Crippen LogP) is 3.12. The number of carbonyl (C=O) groups is 2. The van der Waals surface area contributed by atoms with Gasteiger partial charge >= 0.3 is 0 Å². The second-order valence-electron chi connectivity index (χ2n) is 8.96. The molecular weight excluding hydrogens is 489 g/mol. The summed E-state index contributed by atoms with van der Waals surface area (Å²) in [7, 11) is 3.11. The highest BCUT2D eigenvalue weighted by atomic mass is 19.1. The van der Waals surface area contributed by atoms with E-state index in [0.717, 1.165) is 24.3 Å². The van der Waals surface area contributed by atoms with Crippen LogP contribution in [0.15, 0.2) is 60.7 Å². The molecule has 9 nitrogen and oxygen atoms in total. The molecule has 1 fully saturated rings. The molecule has 0 spiro atoms. The number of nitrogens with zero attached hydrogens (tertiary/aromatic N) is 5. The first-order valence-electron chi connectivity index (χ1n) is 12.5. The maximum absolute atomic E-state index is 13.2. The summed E-state index contributed by atoms with van der Waals surface area (Å²) in [5, 5.41) is 8.67. The lowest BCUT2D eigenvalue weighted by molar-refractivity contribution is -0.131. The fourth-order valence-corrected chi connectivity index (χ4v) is 4.32. The number of halogens is 1. The first-order chi connectivity index (χ1) is 18.5. The lowest BCUT2D eigenvalue weighted by Gasteiger charge is -2.27. The van der Waals surface area contributed by atoms with Crippen molar-refractivity contribution in [1.82, 2.24) is 20.0 Å². The van der Waals surface area contributed by atoms with Gasteiger partial charge in [0.2, 0.25) is 5.91 Å². The minimum Gasteiger partial charge on any atom is -0.497 e. The first-order valence-corrected chi connectivity index (χ1v) is 12.5. The number of methoxy groups -OCH3 is 2. The molecule has 0 aliphatic carbocycles. The van der Waals surface area contributed by atoms with Crippen LogP contribution >= 0.6 is 0 Å². The number of ether oxygens (including phenoxy) is 2.